The van der Waals surface area contributed by atoms with Gasteiger partial charge in [-0.1, -0.05) is 0 Å². The first-order chi connectivity index (χ1) is 7.05. The number of nitrogens with zero attached hydrogens (tertiary/aromatic N) is 1. The van der Waals surface area contributed by atoms with Crippen LogP contribution in [0, 0.1) is 0 Å². The molecule has 1 aliphatic carbocycles. The highest BCUT2D eigenvalue weighted by Gasteiger charge is 2.57. The Morgan fingerprint density at radius 2 is 2.27 bits per heavy atom. The summed E-state index contributed by atoms with van der Waals surface area (Å²) in [5, 5.41) is 3.34. The van der Waals surface area contributed by atoms with E-state index in [1.807, 2.05) is 11.8 Å². The van der Waals surface area contributed by atoms with Crippen molar-refractivity contribution in [3.8, 4) is 0 Å². The highest BCUT2D eigenvalue weighted by Crippen LogP contribution is 2.41. The third-order valence-corrected chi connectivity index (χ3v) is 4.07. The highest BCUT2D eigenvalue weighted by atomic mass is 32.2. The lowest BCUT2D eigenvalue weighted by molar-refractivity contribution is -0.130. The van der Waals surface area contributed by atoms with Gasteiger partial charge in [0.05, 0.1) is 11.7 Å². The van der Waals surface area contributed by atoms with Gasteiger partial charge in [0.15, 0.2) is 0 Å². The van der Waals surface area contributed by atoms with Crippen LogP contribution in [0.15, 0.2) is 0 Å². The maximum atomic E-state index is 12.0. The maximum Gasteiger partial charge on any atom is 0.244 e. The molecule has 5 heteroatoms. The lowest BCUT2D eigenvalue weighted by Gasteiger charge is -2.20. The van der Waals surface area contributed by atoms with E-state index in [4.69, 9.17) is 0 Å². The quantitative estimate of drug-likeness (QED) is 0.743. The monoisotopic (exact) mass is 230 g/mol. The largest absolute Gasteiger partial charge is 0.326 e. The van der Waals surface area contributed by atoms with E-state index < -0.39 is 10.8 Å². The Kier molecular flexibility index (Phi) is 2.85. The van der Waals surface area contributed by atoms with Crippen LogP contribution in [0.5, 0.6) is 0 Å². The molecule has 0 radical (unpaired) electrons. The van der Waals surface area contributed by atoms with Crippen molar-refractivity contribution in [1.29, 1.82) is 0 Å². The standard InChI is InChI=1S/C10H18N2O2S/c1-8-11-10(4-5-10)9(13)12(8)6-3-7-15(2)14/h8,11H,3-7H2,1-2H3. The predicted octanol–water partition coefficient (Wildman–Crippen LogP) is 0.0654. The Morgan fingerprint density at radius 1 is 1.60 bits per heavy atom. The van der Waals surface area contributed by atoms with E-state index in [0.717, 1.165) is 25.8 Å². The highest BCUT2D eigenvalue weighted by molar-refractivity contribution is 7.84. The minimum atomic E-state index is -0.750. The van der Waals surface area contributed by atoms with Crippen molar-refractivity contribution in [3.63, 3.8) is 0 Å². The van der Waals surface area contributed by atoms with Crippen molar-refractivity contribution in [3.05, 3.63) is 0 Å². The minimum absolute atomic E-state index is 0.144. The van der Waals surface area contributed by atoms with Crippen LogP contribution >= 0.6 is 0 Å². The maximum absolute atomic E-state index is 12.0. The number of rotatable bonds is 4. The second-order valence-corrected chi connectivity index (χ2v) is 6.09. The van der Waals surface area contributed by atoms with Crippen LogP contribution in [0.25, 0.3) is 0 Å². The number of hydrogen-bond acceptors (Lipinski definition) is 3. The second-order valence-electron chi connectivity index (χ2n) is 4.53. The topological polar surface area (TPSA) is 49.4 Å². The average molecular weight is 230 g/mol. The average Bonchev–Trinajstić information content (AvgIpc) is 2.87. The molecule has 2 rings (SSSR count). The van der Waals surface area contributed by atoms with Gasteiger partial charge in [-0.3, -0.25) is 14.3 Å². The zero-order valence-electron chi connectivity index (χ0n) is 9.28. The molecule has 4 nitrogen and oxygen atoms in total. The summed E-state index contributed by atoms with van der Waals surface area (Å²) < 4.78 is 10.9. The van der Waals surface area contributed by atoms with Crippen LogP contribution in [0.1, 0.15) is 26.2 Å². The summed E-state index contributed by atoms with van der Waals surface area (Å²) >= 11 is 0. The van der Waals surface area contributed by atoms with Gasteiger partial charge < -0.3 is 4.90 Å². The van der Waals surface area contributed by atoms with Crippen molar-refractivity contribution in [2.45, 2.75) is 37.9 Å². The molecule has 1 saturated heterocycles. The van der Waals surface area contributed by atoms with Crippen LogP contribution < -0.4 is 5.32 Å². The van der Waals surface area contributed by atoms with Crippen LogP contribution in [0.2, 0.25) is 0 Å². The number of nitrogens with one attached hydrogen (secondary N) is 1. The minimum Gasteiger partial charge on any atom is -0.326 e. The van der Waals surface area contributed by atoms with E-state index in [1.165, 1.54) is 0 Å². The normalized spacial score (nSPS) is 29.9. The molecule has 0 bridgehead atoms. The van der Waals surface area contributed by atoms with Crippen LogP contribution in [-0.2, 0) is 15.6 Å². The summed E-state index contributed by atoms with van der Waals surface area (Å²) in [7, 11) is -0.750. The van der Waals surface area contributed by atoms with E-state index in [2.05, 4.69) is 5.32 Å². The predicted molar refractivity (Wildman–Crippen MR) is 59.8 cm³/mol. The smallest absolute Gasteiger partial charge is 0.244 e. The van der Waals surface area contributed by atoms with Crippen LogP contribution in [0.3, 0.4) is 0 Å². The van der Waals surface area contributed by atoms with Crippen molar-refractivity contribution in [2.75, 3.05) is 18.6 Å². The van der Waals surface area contributed by atoms with Gasteiger partial charge in [0.2, 0.25) is 5.91 Å². The Labute approximate surface area is 92.9 Å². The number of hydrogen-bond donors (Lipinski definition) is 1. The van der Waals surface area contributed by atoms with Gasteiger partial charge in [-0.2, -0.15) is 0 Å². The number of carbonyl (C=O) groups excluding carboxylic acids is 1. The Bertz CT molecular complexity index is 302. The summed E-state index contributed by atoms with van der Waals surface area (Å²) in [6.45, 7) is 2.75. The fraction of sp³-hybridized carbons (Fsp3) is 0.900. The lowest BCUT2D eigenvalue weighted by Crippen LogP contribution is -2.35. The second kappa shape index (κ2) is 3.87. The van der Waals surface area contributed by atoms with Crippen molar-refractivity contribution < 1.29 is 9.00 Å². The first-order valence-electron chi connectivity index (χ1n) is 5.44. The molecule has 1 N–H and O–H groups in total. The first kappa shape index (κ1) is 11.1. The Morgan fingerprint density at radius 3 is 2.73 bits per heavy atom. The molecule has 15 heavy (non-hydrogen) atoms. The summed E-state index contributed by atoms with van der Waals surface area (Å²) in [5.41, 5.74) is -0.204. The van der Waals surface area contributed by atoms with Crippen LogP contribution in [0.4, 0.5) is 0 Å². The summed E-state index contributed by atoms with van der Waals surface area (Å²) in [6, 6.07) is 0. The number of amides is 1. The zero-order chi connectivity index (χ0) is 11.1. The summed E-state index contributed by atoms with van der Waals surface area (Å²) in [5.74, 6) is 0.931. The van der Waals surface area contributed by atoms with Gasteiger partial charge in [-0.25, -0.2) is 0 Å². The number of carbonyl (C=O) groups is 1. The fourth-order valence-corrected chi connectivity index (χ4v) is 2.74. The molecular weight excluding hydrogens is 212 g/mol. The molecule has 0 aromatic heterocycles. The van der Waals surface area contributed by atoms with E-state index >= 15 is 0 Å². The third kappa shape index (κ3) is 2.08. The molecule has 2 fully saturated rings. The summed E-state index contributed by atoms with van der Waals surface area (Å²) in [4.78, 5) is 13.9. The van der Waals surface area contributed by atoms with Gasteiger partial charge in [-0.15, -0.1) is 0 Å². The molecular formula is C10H18N2O2S. The fourth-order valence-electron chi connectivity index (χ4n) is 2.21. The van der Waals surface area contributed by atoms with Gasteiger partial charge in [-0.05, 0) is 26.2 Å². The van der Waals surface area contributed by atoms with Crippen molar-refractivity contribution in [1.82, 2.24) is 10.2 Å². The molecule has 0 aromatic carbocycles. The Hall–Kier alpha value is -0.420. The third-order valence-electron chi connectivity index (χ3n) is 3.20. The molecule has 1 spiro atoms. The van der Waals surface area contributed by atoms with Crippen LogP contribution in [-0.4, -0.2) is 45.3 Å². The SMILES string of the molecule is CC1NC2(CC2)C(=O)N1CCCS(C)=O. The van der Waals surface area contributed by atoms with E-state index in [1.54, 1.807) is 6.26 Å². The molecule has 1 heterocycles. The zero-order valence-corrected chi connectivity index (χ0v) is 10.1. The van der Waals surface area contributed by atoms with Gasteiger partial charge in [0.1, 0.15) is 0 Å². The van der Waals surface area contributed by atoms with Gasteiger partial charge >= 0.3 is 0 Å². The van der Waals surface area contributed by atoms with Crippen molar-refractivity contribution >= 4 is 16.7 Å². The molecule has 2 atom stereocenters. The van der Waals surface area contributed by atoms with E-state index in [9.17, 15) is 9.00 Å². The van der Waals surface area contributed by atoms with E-state index in [0.29, 0.717) is 5.75 Å². The molecule has 2 unspecified atom stereocenters. The lowest BCUT2D eigenvalue weighted by atomic mass is 10.3. The van der Waals surface area contributed by atoms with Crippen molar-refractivity contribution in [2.24, 2.45) is 0 Å². The molecule has 1 saturated carbocycles. The van der Waals surface area contributed by atoms with Gasteiger partial charge in [0.25, 0.3) is 0 Å². The van der Waals surface area contributed by atoms with E-state index in [-0.39, 0.29) is 17.6 Å². The molecule has 1 aliphatic heterocycles. The Balaban J connectivity index is 1.86. The molecule has 2 aliphatic rings. The molecule has 1 amide bonds. The van der Waals surface area contributed by atoms with Gasteiger partial charge in [0, 0.05) is 29.4 Å². The first-order valence-corrected chi connectivity index (χ1v) is 7.17. The molecule has 0 aromatic rings. The summed E-state index contributed by atoms with van der Waals surface area (Å²) in [6.07, 6.45) is 4.64. The molecule has 86 valence electrons.